The summed E-state index contributed by atoms with van der Waals surface area (Å²) < 4.78 is 6.53. The summed E-state index contributed by atoms with van der Waals surface area (Å²) in [6.45, 7) is 0. The summed E-state index contributed by atoms with van der Waals surface area (Å²) in [5.41, 5.74) is 15.7. The van der Waals surface area contributed by atoms with Crippen LogP contribution in [0.2, 0.25) is 0 Å². The van der Waals surface area contributed by atoms with Crippen molar-refractivity contribution < 1.29 is 4.74 Å². The second-order valence-corrected chi connectivity index (χ2v) is 14.4. The molecule has 56 heavy (non-hydrogen) atoms. The molecule has 0 saturated heterocycles. The molecular weight excluding hydrogens is 683 g/mol. The van der Waals surface area contributed by atoms with Gasteiger partial charge in [0.25, 0.3) is 0 Å². The molecule has 4 nitrogen and oxygen atoms in total. The van der Waals surface area contributed by atoms with E-state index in [0.29, 0.717) is 5.82 Å². The number of hydrogen-bond acceptors (Lipinski definition) is 4. The van der Waals surface area contributed by atoms with Crippen LogP contribution in [-0.4, -0.2) is 15.0 Å². The first-order chi connectivity index (χ1) is 27.7. The van der Waals surface area contributed by atoms with Crippen molar-refractivity contribution >= 4 is 0 Å². The van der Waals surface area contributed by atoms with E-state index < -0.39 is 5.41 Å². The lowest BCUT2D eigenvalue weighted by Crippen LogP contribution is -2.32. The molecule has 1 aliphatic carbocycles. The predicted molar refractivity (Wildman–Crippen MR) is 224 cm³/mol. The van der Waals surface area contributed by atoms with Gasteiger partial charge < -0.3 is 4.74 Å². The van der Waals surface area contributed by atoms with Gasteiger partial charge >= 0.3 is 0 Å². The molecule has 2 aromatic heterocycles. The molecule has 0 bridgehead atoms. The van der Waals surface area contributed by atoms with Gasteiger partial charge in [0.2, 0.25) is 0 Å². The largest absolute Gasteiger partial charge is 0.457 e. The van der Waals surface area contributed by atoms with Crippen molar-refractivity contribution in [1.29, 1.82) is 0 Å². The molecule has 0 saturated carbocycles. The van der Waals surface area contributed by atoms with Gasteiger partial charge in [0.1, 0.15) is 11.5 Å². The van der Waals surface area contributed by atoms with E-state index in [2.05, 4.69) is 152 Å². The third-order valence-electron chi connectivity index (χ3n) is 11.3. The van der Waals surface area contributed by atoms with E-state index in [1.54, 1.807) is 0 Å². The zero-order valence-electron chi connectivity index (χ0n) is 30.3. The number of benzene rings is 7. The van der Waals surface area contributed by atoms with Gasteiger partial charge in [-0.1, -0.05) is 164 Å². The van der Waals surface area contributed by atoms with Crippen LogP contribution >= 0.6 is 0 Å². The van der Waals surface area contributed by atoms with Crippen LogP contribution in [0.5, 0.6) is 11.5 Å². The first-order valence-corrected chi connectivity index (χ1v) is 18.9. The highest BCUT2D eigenvalue weighted by atomic mass is 16.5. The second-order valence-electron chi connectivity index (χ2n) is 14.4. The van der Waals surface area contributed by atoms with E-state index in [0.717, 1.165) is 73.1 Å². The van der Waals surface area contributed by atoms with Crippen molar-refractivity contribution in [3.63, 3.8) is 0 Å². The van der Waals surface area contributed by atoms with E-state index in [4.69, 9.17) is 19.7 Å². The lowest BCUT2D eigenvalue weighted by molar-refractivity contribution is 0.436. The highest BCUT2D eigenvalue weighted by Crippen LogP contribution is 2.61. The maximum Gasteiger partial charge on any atom is 0.160 e. The number of hydrogen-bond donors (Lipinski definition) is 0. The van der Waals surface area contributed by atoms with E-state index in [1.165, 1.54) is 22.3 Å². The molecule has 0 N–H and O–H groups in total. The SMILES string of the molecule is c1ccc(-c2ccc(-c3cc(-c4ccc(-c5ccc6c(c5)C5(c7ccccc7Oc7ccccc75)c5cccnc5-6)cc4)nc(-c4ccccc4)n3)cc2)cc1. The summed E-state index contributed by atoms with van der Waals surface area (Å²) in [7, 11) is 0. The van der Waals surface area contributed by atoms with Crippen molar-refractivity contribution in [2.45, 2.75) is 5.41 Å². The van der Waals surface area contributed by atoms with E-state index in [1.807, 2.05) is 48.7 Å². The lowest BCUT2D eigenvalue weighted by Gasteiger charge is -2.39. The Morgan fingerprint density at radius 1 is 0.357 bits per heavy atom. The highest BCUT2D eigenvalue weighted by Gasteiger charge is 2.51. The predicted octanol–water partition coefficient (Wildman–Crippen LogP) is 12.7. The molecule has 0 atom stereocenters. The summed E-state index contributed by atoms with van der Waals surface area (Å²) in [5, 5.41) is 0. The second kappa shape index (κ2) is 12.9. The Kier molecular flexibility index (Phi) is 7.36. The van der Waals surface area contributed by atoms with Crippen molar-refractivity contribution in [3.8, 4) is 78.9 Å². The number of fused-ring (bicyclic) bond motifs is 9. The van der Waals surface area contributed by atoms with Crippen LogP contribution in [0.3, 0.4) is 0 Å². The molecule has 0 amide bonds. The third-order valence-corrected chi connectivity index (χ3v) is 11.3. The van der Waals surface area contributed by atoms with Crippen LogP contribution in [0.15, 0.2) is 200 Å². The summed E-state index contributed by atoms with van der Waals surface area (Å²) in [6, 6.07) is 68.1. The van der Waals surface area contributed by atoms with Crippen molar-refractivity contribution in [2.24, 2.45) is 0 Å². The van der Waals surface area contributed by atoms with Crippen LogP contribution in [0.1, 0.15) is 22.3 Å². The van der Waals surface area contributed by atoms with Gasteiger partial charge in [-0.2, -0.15) is 0 Å². The van der Waals surface area contributed by atoms with E-state index in [9.17, 15) is 0 Å². The molecule has 0 unspecified atom stereocenters. The van der Waals surface area contributed by atoms with Gasteiger partial charge in [-0.3, -0.25) is 4.98 Å². The van der Waals surface area contributed by atoms with Gasteiger partial charge in [-0.05, 0) is 63.7 Å². The first kappa shape index (κ1) is 32.0. The molecule has 11 rings (SSSR count). The molecule has 2 aliphatic rings. The Balaban J connectivity index is 1.01. The quantitative estimate of drug-likeness (QED) is 0.178. The third kappa shape index (κ3) is 5.04. The smallest absolute Gasteiger partial charge is 0.160 e. The number of para-hydroxylation sites is 2. The fourth-order valence-corrected chi connectivity index (χ4v) is 8.64. The Morgan fingerprint density at radius 2 is 0.839 bits per heavy atom. The normalized spacial score (nSPS) is 12.9. The Morgan fingerprint density at radius 3 is 1.46 bits per heavy atom. The average Bonchev–Trinajstić information content (AvgIpc) is 3.57. The van der Waals surface area contributed by atoms with E-state index >= 15 is 0 Å². The van der Waals surface area contributed by atoms with Gasteiger partial charge in [-0.15, -0.1) is 0 Å². The lowest BCUT2D eigenvalue weighted by atomic mass is 9.66. The van der Waals surface area contributed by atoms with Gasteiger partial charge in [0.15, 0.2) is 5.82 Å². The molecule has 0 fully saturated rings. The summed E-state index contributed by atoms with van der Waals surface area (Å²) in [4.78, 5) is 15.1. The Hall–Kier alpha value is -7.43. The van der Waals surface area contributed by atoms with Crippen LogP contribution in [0.4, 0.5) is 0 Å². The number of nitrogens with zero attached hydrogens (tertiary/aromatic N) is 3. The minimum Gasteiger partial charge on any atom is -0.457 e. The molecule has 1 spiro atoms. The molecule has 9 aromatic rings. The monoisotopic (exact) mass is 715 g/mol. The summed E-state index contributed by atoms with van der Waals surface area (Å²) in [5.74, 6) is 2.44. The van der Waals surface area contributed by atoms with Crippen LogP contribution in [0, 0.1) is 0 Å². The Labute approximate surface area is 325 Å². The topological polar surface area (TPSA) is 47.9 Å². The van der Waals surface area contributed by atoms with Crippen molar-refractivity contribution in [1.82, 2.24) is 15.0 Å². The fourth-order valence-electron chi connectivity index (χ4n) is 8.64. The zero-order chi connectivity index (χ0) is 37.1. The fraction of sp³-hybridized carbons (Fsp3) is 0.0192. The number of aromatic nitrogens is 3. The van der Waals surface area contributed by atoms with Crippen LogP contribution < -0.4 is 4.74 Å². The molecule has 0 radical (unpaired) electrons. The number of rotatable bonds is 5. The minimum atomic E-state index is -0.565. The number of ether oxygens (including phenoxy) is 1. The summed E-state index contributed by atoms with van der Waals surface area (Å²) in [6.07, 6.45) is 1.90. The van der Waals surface area contributed by atoms with Crippen LogP contribution in [-0.2, 0) is 5.41 Å². The zero-order valence-corrected chi connectivity index (χ0v) is 30.3. The average molecular weight is 716 g/mol. The maximum absolute atomic E-state index is 6.53. The highest BCUT2D eigenvalue weighted by molar-refractivity contribution is 5.89. The Bertz CT molecular complexity index is 2880. The van der Waals surface area contributed by atoms with Gasteiger partial charge in [0.05, 0.1) is 22.5 Å². The van der Waals surface area contributed by atoms with Gasteiger partial charge in [-0.25, -0.2) is 9.97 Å². The molecular formula is C52H33N3O. The van der Waals surface area contributed by atoms with Crippen LogP contribution in [0.25, 0.3) is 67.4 Å². The number of pyridine rings is 1. The van der Waals surface area contributed by atoms with Crippen molar-refractivity contribution in [3.05, 3.63) is 223 Å². The molecule has 4 heteroatoms. The maximum atomic E-state index is 6.53. The molecule has 1 aliphatic heterocycles. The summed E-state index contributed by atoms with van der Waals surface area (Å²) >= 11 is 0. The van der Waals surface area contributed by atoms with Crippen molar-refractivity contribution in [2.75, 3.05) is 0 Å². The molecule has 7 aromatic carbocycles. The molecule has 262 valence electrons. The molecule has 3 heterocycles. The standard InChI is InChI=1S/C52H33N3O/c1-3-12-34(13-4-1)35-21-25-37(26-22-35)46-33-47(55-51(54-46)39-14-5-2-6-15-39)38-27-23-36(24-28-38)40-29-30-41-45(32-40)52(44-18-11-31-53-50(41)44)42-16-7-9-19-48(42)56-49-20-10-8-17-43(49)52/h1-33H. The minimum absolute atomic E-state index is 0.565. The first-order valence-electron chi connectivity index (χ1n) is 18.9. The van der Waals surface area contributed by atoms with E-state index in [-0.39, 0.29) is 0 Å². The van der Waals surface area contributed by atoms with Gasteiger partial charge in [0, 0.05) is 39.6 Å².